The van der Waals surface area contributed by atoms with Gasteiger partial charge in [-0.3, -0.25) is 0 Å². The quantitative estimate of drug-likeness (QED) is 0.799. The highest BCUT2D eigenvalue weighted by Gasteiger charge is 2.28. The maximum absolute atomic E-state index is 3.74. The van der Waals surface area contributed by atoms with Gasteiger partial charge in [-0.15, -0.1) is 0 Å². The highest BCUT2D eigenvalue weighted by atomic mass is 79.9. The Hall–Kier alpha value is -0.340. The molecule has 19 heavy (non-hydrogen) atoms. The second kappa shape index (κ2) is 6.90. The molecule has 1 fully saturated rings. The molecule has 3 unspecified atom stereocenters. The molecule has 2 rings (SSSR count). The molecule has 2 heteroatoms. The molecule has 1 aromatic rings. The van der Waals surface area contributed by atoms with Crippen molar-refractivity contribution in [1.82, 2.24) is 5.32 Å². The van der Waals surface area contributed by atoms with E-state index in [-0.39, 0.29) is 0 Å². The van der Waals surface area contributed by atoms with Crippen molar-refractivity contribution in [3.8, 4) is 0 Å². The van der Waals surface area contributed by atoms with Gasteiger partial charge in [0.25, 0.3) is 0 Å². The Morgan fingerprint density at radius 1 is 1.37 bits per heavy atom. The van der Waals surface area contributed by atoms with Crippen LogP contribution in [0.25, 0.3) is 0 Å². The fraction of sp³-hybridized carbons (Fsp3) is 0.647. The van der Waals surface area contributed by atoms with E-state index in [9.17, 15) is 0 Å². The first-order valence-electron chi connectivity index (χ1n) is 7.61. The summed E-state index contributed by atoms with van der Waals surface area (Å²) >= 11 is 3.67. The van der Waals surface area contributed by atoms with Crippen molar-refractivity contribution < 1.29 is 0 Å². The molecule has 1 aromatic carbocycles. The van der Waals surface area contributed by atoms with Crippen molar-refractivity contribution in [2.75, 3.05) is 6.54 Å². The van der Waals surface area contributed by atoms with Gasteiger partial charge in [-0.1, -0.05) is 54.8 Å². The Morgan fingerprint density at radius 3 is 2.84 bits per heavy atom. The largest absolute Gasteiger partial charge is 0.310 e. The van der Waals surface area contributed by atoms with E-state index in [1.54, 1.807) is 0 Å². The molecule has 0 amide bonds. The molecule has 0 radical (unpaired) electrons. The summed E-state index contributed by atoms with van der Waals surface area (Å²) in [6.45, 7) is 7.90. The number of rotatable bonds is 4. The molecule has 1 aliphatic carbocycles. The zero-order valence-electron chi connectivity index (χ0n) is 12.4. The van der Waals surface area contributed by atoms with Crippen molar-refractivity contribution in [1.29, 1.82) is 0 Å². The van der Waals surface area contributed by atoms with Gasteiger partial charge in [0.1, 0.15) is 0 Å². The standard InChI is InChI=1S/C17H26BrN/c1-4-19-17(14-8-5-7-12(2)11-14)15-9-6-10-16(18)13(15)3/h6,9-10,12,14,17,19H,4-5,7-8,11H2,1-3H3. The van der Waals surface area contributed by atoms with E-state index in [2.05, 4.69) is 60.2 Å². The van der Waals surface area contributed by atoms with Gasteiger partial charge in [-0.05, 0) is 55.3 Å². The van der Waals surface area contributed by atoms with Crippen LogP contribution in [0.4, 0.5) is 0 Å². The van der Waals surface area contributed by atoms with Crippen LogP contribution in [0.5, 0.6) is 0 Å². The minimum atomic E-state index is 0.519. The van der Waals surface area contributed by atoms with Crippen LogP contribution in [0, 0.1) is 18.8 Å². The summed E-state index contributed by atoms with van der Waals surface area (Å²) in [6.07, 6.45) is 5.53. The van der Waals surface area contributed by atoms with Gasteiger partial charge in [-0.25, -0.2) is 0 Å². The highest BCUT2D eigenvalue weighted by molar-refractivity contribution is 9.10. The van der Waals surface area contributed by atoms with Gasteiger partial charge in [0, 0.05) is 10.5 Å². The van der Waals surface area contributed by atoms with E-state index in [1.807, 2.05) is 0 Å². The molecule has 0 aliphatic heterocycles. The van der Waals surface area contributed by atoms with Crippen molar-refractivity contribution in [2.24, 2.45) is 11.8 Å². The number of nitrogens with one attached hydrogen (secondary N) is 1. The monoisotopic (exact) mass is 323 g/mol. The smallest absolute Gasteiger partial charge is 0.0351 e. The summed E-state index contributed by atoms with van der Waals surface area (Å²) in [6, 6.07) is 7.13. The van der Waals surface area contributed by atoms with E-state index in [4.69, 9.17) is 0 Å². The van der Waals surface area contributed by atoms with Crippen LogP contribution in [0.1, 0.15) is 56.7 Å². The van der Waals surface area contributed by atoms with Crippen molar-refractivity contribution >= 4 is 15.9 Å². The molecular formula is C17H26BrN. The van der Waals surface area contributed by atoms with E-state index in [0.717, 1.165) is 18.4 Å². The lowest BCUT2D eigenvalue weighted by molar-refractivity contribution is 0.225. The Kier molecular flexibility index (Phi) is 5.47. The summed E-state index contributed by atoms with van der Waals surface area (Å²) in [4.78, 5) is 0. The fourth-order valence-corrected chi connectivity index (χ4v) is 3.88. The molecule has 0 bridgehead atoms. The number of benzene rings is 1. The predicted octanol–water partition coefficient (Wildman–Crippen LogP) is 5.23. The van der Waals surface area contributed by atoms with E-state index in [1.165, 1.54) is 41.3 Å². The molecule has 0 spiro atoms. The van der Waals surface area contributed by atoms with Gasteiger partial charge in [0.05, 0.1) is 0 Å². The topological polar surface area (TPSA) is 12.0 Å². The van der Waals surface area contributed by atoms with Gasteiger partial charge >= 0.3 is 0 Å². The lowest BCUT2D eigenvalue weighted by Gasteiger charge is -2.35. The second-order valence-electron chi connectivity index (χ2n) is 6.02. The Labute approximate surface area is 126 Å². The van der Waals surface area contributed by atoms with Gasteiger partial charge in [-0.2, -0.15) is 0 Å². The first-order chi connectivity index (χ1) is 9.13. The Bertz CT molecular complexity index is 416. The van der Waals surface area contributed by atoms with Crippen LogP contribution in [0.3, 0.4) is 0 Å². The molecule has 3 atom stereocenters. The average Bonchev–Trinajstić information content (AvgIpc) is 2.40. The summed E-state index contributed by atoms with van der Waals surface area (Å²) in [5, 5.41) is 3.74. The summed E-state index contributed by atoms with van der Waals surface area (Å²) in [5.74, 6) is 1.67. The highest BCUT2D eigenvalue weighted by Crippen LogP contribution is 2.38. The molecule has 1 saturated carbocycles. The number of halogens is 1. The van der Waals surface area contributed by atoms with Gasteiger partial charge in [0.15, 0.2) is 0 Å². The first-order valence-corrected chi connectivity index (χ1v) is 8.41. The first kappa shape index (κ1) is 15.1. The van der Waals surface area contributed by atoms with Crippen molar-refractivity contribution in [2.45, 2.75) is 52.5 Å². The third-order valence-electron chi connectivity index (χ3n) is 4.52. The molecule has 0 aromatic heterocycles. The van der Waals surface area contributed by atoms with Crippen LogP contribution in [-0.4, -0.2) is 6.54 Å². The van der Waals surface area contributed by atoms with Crippen LogP contribution in [0.2, 0.25) is 0 Å². The van der Waals surface area contributed by atoms with Gasteiger partial charge in [0.2, 0.25) is 0 Å². The van der Waals surface area contributed by atoms with Crippen molar-refractivity contribution in [3.63, 3.8) is 0 Å². The van der Waals surface area contributed by atoms with Gasteiger partial charge < -0.3 is 5.32 Å². The SMILES string of the molecule is CCNC(c1cccc(Br)c1C)C1CCCC(C)C1. The molecule has 106 valence electrons. The minimum absolute atomic E-state index is 0.519. The number of hydrogen-bond donors (Lipinski definition) is 1. The Balaban J connectivity index is 2.26. The van der Waals surface area contributed by atoms with E-state index >= 15 is 0 Å². The Morgan fingerprint density at radius 2 is 2.16 bits per heavy atom. The van der Waals surface area contributed by atoms with Crippen LogP contribution in [-0.2, 0) is 0 Å². The molecule has 1 aliphatic rings. The lowest BCUT2D eigenvalue weighted by atomic mass is 9.76. The fourth-order valence-electron chi connectivity index (χ4n) is 3.50. The maximum Gasteiger partial charge on any atom is 0.0351 e. The predicted molar refractivity (Wildman–Crippen MR) is 86.4 cm³/mol. The van der Waals surface area contributed by atoms with Crippen molar-refractivity contribution in [3.05, 3.63) is 33.8 Å². The van der Waals surface area contributed by atoms with Crippen LogP contribution in [0.15, 0.2) is 22.7 Å². The number of hydrogen-bond acceptors (Lipinski definition) is 1. The van der Waals surface area contributed by atoms with E-state index in [0.29, 0.717) is 6.04 Å². The van der Waals surface area contributed by atoms with Crippen LogP contribution >= 0.6 is 15.9 Å². The molecule has 0 saturated heterocycles. The molecular weight excluding hydrogens is 298 g/mol. The minimum Gasteiger partial charge on any atom is -0.310 e. The zero-order valence-corrected chi connectivity index (χ0v) is 14.0. The summed E-state index contributed by atoms with van der Waals surface area (Å²) in [7, 11) is 0. The molecule has 1 N–H and O–H groups in total. The molecule has 1 nitrogen and oxygen atoms in total. The summed E-state index contributed by atoms with van der Waals surface area (Å²) < 4.78 is 1.23. The molecule has 0 heterocycles. The maximum atomic E-state index is 3.74. The second-order valence-corrected chi connectivity index (χ2v) is 6.88. The normalized spacial score (nSPS) is 25.3. The zero-order chi connectivity index (χ0) is 13.8. The average molecular weight is 324 g/mol. The van der Waals surface area contributed by atoms with E-state index < -0.39 is 0 Å². The summed E-state index contributed by atoms with van der Waals surface area (Å²) in [5.41, 5.74) is 2.88. The van der Waals surface area contributed by atoms with Crippen LogP contribution < -0.4 is 5.32 Å². The lowest BCUT2D eigenvalue weighted by Crippen LogP contribution is -2.31. The third kappa shape index (κ3) is 3.61. The third-order valence-corrected chi connectivity index (χ3v) is 5.38.